The molecule has 68 valence electrons. The van der Waals surface area contributed by atoms with Crippen molar-refractivity contribution in [3.05, 3.63) is 12.3 Å². The van der Waals surface area contributed by atoms with Crippen LogP contribution in [0.5, 0.6) is 0 Å². The van der Waals surface area contributed by atoms with Gasteiger partial charge in [0.15, 0.2) is 0 Å². The highest BCUT2D eigenvalue weighted by Crippen LogP contribution is 2.11. The molecule has 0 aromatic heterocycles. The van der Waals surface area contributed by atoms with E-state index in [-0.39, 0.29) is 0 Å². The van der Waals surface area contributed by atoms with E-state index in [2.05, 4.69) is 32.4 Å². The van der Waals surface area contributed by atoms with Crippen molar-refractivity contribution < 1.29 is 0 Å². The molecule has 0 aromatic carbocycles. The van der Waals surface area contributed by atoms with E-state index in [1.165, 1.54) is 6.42 Å². The molecule has 0 heterocycles. The molecule has 0 atom stereocenters. The van der Waals surface area contributed by atoms with Crippen molar-refractivity contribution in [3.63, 3.8) is 0 Å². The molecule has 0 unspecified atom stereocenters. The third kappa shape index (κ3) is 4.85. The highest BCUT2D eigenvalue weighted by molar-refractivity contribution is 5.05. The SMILES string of the molecule is C=C(CCC(C)C)N(C)C#CC. The molecule has 0 rings (SSSR count). The fraction of sp³-hybridized carbons (Fsp3) is 0.636. The minimum absolute atomic E-state index is 0.740. The predicted octanol–water partition coefficient (Wildman–Crippen LogP) is 2.85. The van der Waals surface area contributed by atoms with E-state index in [0.717, 1.165) is 18.0 Å². The standard InChI is InChI=1S/C11H19N/c1-6-9-12(5)11(4)8-7-10(2)3/h10H,4,7-8H2,1-3,5H3. The lowest BCUT2D eigenvalue weighted by Crippen LogP contribution is -2.10. The van der Waals surface area contributed by atoms with Gasteiger partial charge in [-0.05, 0) is 25.7 Å². The van der Waals surface area contributed by atoms with Crippen LogP contribution in [0, 0.1) is 17.9 Å². The van der Waals surface area contributed by atoms with Crippen LogP contribution in [0.3, 0.4) is 0 Å². The van der Waals surface area contributed by atoms with Crippen molar-refractivity contribution in [2.45, 2.75) is 33.6 Å². The summed E-state index contributed by atoms with van der Waals surface area (Å²) in [5.41, 5.74) is 1.11. The first-order chi connectivity index (χ1) is 5.57. The lowest BCUT2D eigenvalue weighted by molar-refractivity contribution is 0.509. The van der Waals surface area contributed by atoms with Gasteiger partial charge in [-0.25, -0.2) is 0 Å². The zero-order valence-electron chi connectivity index (χ0n) is 8.65. The monoisotopic (exact) mass is 165 g/mol. The van der Waals surface area contributed by atoms with Gasteiger partial charge in [0.25, 0.3) is 0 Å². The van der Waals surface area contributed by atoms with Crippen LogP contribution >= 0.6 is 0 Å². The molecule has 0 saturated heterocycles. The van der Waals surface area contributed by atoms with Gasteiger partial charge in [-0.2, -0.15) is 0 Å². The van der Waals surface area contributed by atoms with Crippen molar-refractivity contribution in [3.8, 4) is 12.0 Å². The summed E-state index contributed by atoms with van der Waals surface area (Å²) in [5, 5.41) is 0. The number of hydrogen-bond donors (Lipinski definition) is 0. The molecule has 0 aliphatic heterocycles. The fourth-order valence-corrected chi connectivity index (χ4v) is 0.870. The van der Waals surface area contributed by atoms with Crippen LogP contribution in [0.4, 0.5) is 0 Å². The van der Waals surface area contributed by atoms with E-state index in [4.69, 9.17) is 0 Å². The van der Waals surface area contributed by atoms with Crippen molar-refractivity contribution in [2.75, 3.05) is 7.05 Å². The second-order valence-electron chi connectivity index (χ2n) is 3.42. The number of hydrogen-bond acceptors (Lipinski definition) is 1. The Morgan fingerprint density at radius 3 is 2.50 bits per heavy atom. The molecule has 0 bridgehead atoms. The molecule has 12 heavy (non-hydrogen) atoms. The van der Waals surface area contributed by atoms with Crippen LogP contribution in [-0.4, -0.2) is 11.9 Å². The Morgan fingerprint density at radius 2 is 2.08 bits per heavy atom. The molecule has 1 heteroatoms. The van der Waals surface area contributed by atoms with E-state index in [9.17, 15) is 0 Å². The third-order valence-corrected chi connectivity index (χ3v) is 1.76. The lowest BCUT2D eigenvalue weighted by Gasteiger charge is -2.14. The van der Waals surface area contributed by atoms with Gasteiger partial charge in [-0.3, -0.25) is 0 Å². The van der Waals surface area contributed by atoms with Gasteiger partial charge in [-0.15, -0.1) is 0 Å². The smallest absolute Gasteiger partial charge is 0.0199 e. The Morgan fingerprint density at radius 1 is 1.50 bits per heavy atom. The van der Waals surface area contributed by atoms with Gasteiger partial charge in [0.05, 0.1) is 0 Å². The quantitative estimate of drug-likeness (QED) is 0.457. The molecular weight excluding hydrogens is 146 g/mol. The van der Waals surface area contributed by atoms with Gasteiger partial charge in [0.1, 0.15) is 0 Å². The van der Waals surface area contributed by atoms with Gasteiger partial charge in [0.2, 0.25) is 0 Å². The van der Waals surface area contributed by atoms with E-state index in [0.29, 0.717) is 0 Å². The maximum Gasteiger partial charge on any atom is 0.0199 e. The first-order valence-electron chi connectivity index (χ1n) is 4.41. The first kappa shape index (κ1) is 11.1. The van der Waals surface area contributed by atoms with Crippen LogP contribution in [-0.2, 0) is 0 Å². The largest absolute Gasteiger partial charge is 0.309 e. The van der Waals surface area contributed by atoms with Crippen molar-refractivity contribution in [2.24, 2.45) is 5.92 Å². The van der Waals surface area contributed by atoms with Crippen molar-refractivity contribution in [1.29, 1.82) is 0 Å². The maximum atomic E-state index is 3.97. The average Bonchev–Trinajstić information content (AvgIpc) is 2.00. The van der Waals surface area contributed by atoms with Crippen LogP contribution in [0.15, 0.2) is 12.3 Å². The van der Waals surface area contributed by atoms with Crippen LogP contribution in [0.2, 0.25) is 0 Å². The summed E-state index contributed by atoms with van der Waals surface area (Å²) in [4.78, 5) is 1.91. The Bertz CT molecular complexity index is 193. The number of rotatable bonds is 4. The Labute approximate surface area is 76.5 Å². The van der Waals surface area contributed by atoms with E-state index in [1.807, 2.05) is 18.9 Å². The number of allylic oxidation sites excluding steroid dienone is 1. The maximum absolute atomic E-state index is 3.97. The summed E-state index contributed by atoms with van der Waals surface area (Å²) in [7, 11) is 1.96. The highest BCUT2D eigenvalue weighted by atomic mass is 15.1. The van der Waals surface area contributed by atoms with Crippen LogP contribution in [0.1, 0.15) is 33.6 Å². The highest BCUT2D eigenvalue weighted by Gasteiger charge is 2.00. The lowest BCUT2D eigenvalue weighted by atomic mass is 10.1. The Balaban J connectivity index is 3.77. The molecule has 0 amide bonds. The number of nitrogens with zero attached hydrogens (tertiary/aromatic N) is 1. The summed E-state index contributed by atoms with van der Waals surface area (Å²) in [5.74, 6) is 3.59. The zero-order chi connectivity index (χ0) is 9.56. The second kappa shape index (κ2) is 5.71. The van der Waals surface area contributed by atoms with E-state index in [1.54, 1.807) is 0 Å². The fourth-order valence-electron chi connectivity index (χ4n) is 0.870. The Kier molecular flexibility index (Phi) is 5.28. The van der Waals surface area contributed by atoms with Crippen molar-refractivity contribution >= 4 is 0 Å². The van der Waals surface area contributed by atoms with Crippen molar-refractivity contribution in [1.82, 2.24) is 4.90 Å². The molecule has 0 aromatic rings. The third-order valence-electron chi connectivity index (χ3n) is 1.76. The van der Waals surface area contributed by atoms with Gasteiger partial charge in [-0.1, -0.05) is 26.3 Å². The molecule has 1 nitrogen and oxygen atoms in total. The minimum Gasteiger partial charge on any atom is -0.309 e. The molecule has 0 saturated carbocycles. The summed E-state index contributed by atoms with van der Waals surface area (Å²) in [6.07, 6.45) is 2.23. The average molecular weight is 165 g/mol. The van der Waals surface area contributed by atoms with E-state index >= 15 is 0 Å². The summed E-state index contributed by atoms with van der Waals surface area (Å²) < 4.78 is 0. The molecule has 0 fully saturated rings. The second-order valence-corrected chi connectivity index (χ2v) is 3.42. The molecular formula is C11H19N. The first-order valence-corrected chi connectivity index (χ1v) is 4.41. The normalized spacial score (nSPS) is 9.08. The summed E-state index contributed by atoms with van der Waals surface area (Å²) in [6.45, 7) is 10.3. The molecule has 0 spiro atoms. The summed E-state index contributed by atoms with van der Waals surface area (Å²) >= 11 is 0. The Hall–Kier alpha value is -0.900. The van der Waals surface area contributed by atoms with E-state index < -0.39 is 0 Å². The summed E-state index contributed by atoms with van der Waals surface area (Å²) in [6, 6.07) is 2.95. The van der Waals surface area contributed by atoms with Gasteiger partial charge < -0.3 is 4.90 Å². The molecule has 0 aliphatic carbocycles. The van der Waals surface area contributed by atoms with Crippen LogP contribution < -0.4 is 0 Å². The van der Waals surface area contributed by atoms with Gasteiger partial charge in [0, 0.05) is 18.8 Å². The van der Waals surface area contributed by atoms with Gasteiger partial charge >= 0.3 is 0 Å². The topological polar surface area (TPSA) is 3.24 Å². The predicted molar refractivity (Wildman–Crippen MR) is 54.4 cm³/mol. The molecule has 0 N–H and O–H groups in total. The minimum atomic E-state index is 0.740. The zero-order valence-corrected chi connectivity index (χ0v) is 8.65. The van der Waals surface area contributed by atoms with Crippen LogP contribution in [0.25, 0.3) is 0 Å². The molecule has 0 radical (unpaired) electrons. The molecule has 0 aliphatic rings.